The molecule has 0 unspecified atom stereocenters. The van der Waals surface area contributed by atoms with Crippen molar-refractivity contribution in [1.82, 2.24) is 0 Å². The molecule has 0 amide bonds. The number of hydrogen-bond donors (Lipinski definition) is 0. The summed E-state index contributed by atoms with van der Waals surface area (Å²) in [5.74, 6) is 0. The Labute approximate surface area is 274 Å². The first-order valence-electron chi connectivity index (χ1n) is 15.2. The van der Waals surface area contributed by atoms with E-state index in [1.807, 2.05) is 91.0 Å². The first-order valence-corrected chi connectivity index (χ1v) is 20.0. The van der Waals surface area contributed by atoms with E-state index in [1.54, 1.807) is 0 Å². The van der Waals surface area contributed by atoms with E-state index in [9.17, 15) is 13.9 Å². The molecule has 0 fully saturated rings. The lowest BCUT2D eigenvalue weighted by atomic mass is 9.92. The zero-order chi connectivity index (χ0) is 33.7. The fourth-order valence-electron chi connectivity index (χ4n) is 4.47. The standard InChI is InChI=1S/C34H47N3O7SSi/c1-33(2,3)46(5,6)43-27-34(26-36-37-35,42-24-30-20-14-9-15-21-30)32(41-23-29-18-12-8-13-19-29)31(44-45(4,38)39)25-40-22-28-16-10-7-11-17-28/h7-21,31-32H,22-27H2,1-6H3/t31-,32-,34+/m0/s1. The molecular formula is C34H47N3O7SSi. The molecule has 0 aliphatic heterocycles. The molecular weight excluding hydrogens is 623 g/mol. The summed E-state index contributed by atoms with van der Waals surface area (Å²) in [6.45, 7) is 10.6. The van der Waals surface area contributed by atoms with E-state index in [-0.39, 0.29) is 44.6 Å². The highest BCUT2D eigenvalue weighted by Crippen LogP contribution is 2.38. The van der Waals surface area contributed by atoms with E-state index < -0.39 is 36.2 Å². The van der Waals surface area contributed by atoms with Crippen molar-refractivity contribution in [2.24, 2.45) is 5.11 Å². The van der Waals surface area contributed by atoms with Gasteiger partial charge >= 0.3 is 0 Å². The van der Waals surface area contributed by atoms with Crippen molar-refractivity contribution in [2.45, 2.75) is 76.5 Å². The Morgan fingerprint density at radius 3 is 1.80 bits per heavy atom. The fraction of sp³-hybridized carbons (Fsp3) is 0.471. The Hall–Kier alpha value is -3.06. The van der Waals surface area contributed by atoms with Crippen molar-refractivity contribution in [1.29, 1.82) is 0 Å². The van der Waals surface area contributed by atoms with E-state index >= 15 is 0 Å². The van der Waals surface area contributed by atoms with E-state index in [1.165, 1.54) is 0 Å². The maximum atomic E-state index is 12.7. The lowest BCUT2D eigenvalue weighted by Crippen LogP contribution is -2.61. The number of nitrogens with zero attached hydrogens (tertiary/aromatic N) is 3. The maximum Gasteiger partial charge on any atom is 0.264 e. The summed E-state index contributed by atoms with van der Waals surface area (Å²) in [5.41, 5.74) is 10.7. The van der Waals surface area contributed by atoms with Crippen LogP contribution >= 0.6 is 0 Å². The minimum atomic E-state index is -4.01. The number of benzene rings is 3. The van der Waals surface area contributed by atoms with E-state index in [2.05, 4.69) is 43.9 Å². The summed E-state index contributed by atoms with van der Waals surface area (Å²) in [7, 11) is -6.42. The van der Waals surface area contributed by atoms with E-state index in [0.29, 0.717) is 0 Å². The van der Waals surface area contributed by atoms with Crippen LogP contribution < -0.4 is 0 Å². The number of rotatable bonds is 19. The zero-order valence-corrected chi connectivity index (χ0v) is 29.5. The molecule has 0 heterocycles. The highest BCUT2D eigenvalue weighted by Gasteiger charge is 2.49. The molecule has 3 aromatic rings. The first kappa shape index (κ1) is 37.4. The molecule has 0 aliphatic rings. The van der Waals surface area contributed by atoms with Gasteiger partial charge in [-0.3, -0.25) is 4.18 Å². The normalized spacial score (nSPS) is 15.0. The van der Waals surface area contributed by atoms with Gasteiger partial charge in [0.25, 0.3) is 10.1 Å². The largest absolute Gasteiger partial charge is 0.414 e. The number of hydrogen-bond acceptors (Lipinski definition) is 8. The van der Waals surface area contributed by atoms with Crippen LogP contribution in [0.3, 0.4) is 0 Å². The third-order valence-corrected chi connectivity index (χ3v) is 13.2. The first-order chi connectivity index (χ1) is 21.7. The topological polar surface area (TPSA) is 129 Å². The van der Waals surface area contributed by atoms with Crippen molar-refractivity contribution < 1.29 is 31.2 Å². The maximum absolute atomic E-state index is 12.7. The van der Waals surface area contributed by atoms with Crippen LogP contribution in [0.15, 0.2) is 96.1 Å². The molecule has 3 aromatic carbocycles. The fourth-order valence-corrected chi connectivity index (χ4v) is 6.12. The molecule has 0 saturated carbocycles. The van der Waals surface area contributed by atoms with Gasteiger partial charge in [0.15, 0.2) is 8.32 Å². The van der Waals surface area contributed by atoms with Gasteiger partial charge in [-0.05, 0) is 40.4 Å². The van der Waals surface area contributed by atoms with Gasteiger partial charge in [-0.1, -0.05) is 117 Å². The Kier molecular flexibility index (Phi) is 14.0. The van der Waals surface area contributed by atoms with E-state index in [0.717, 1.165) is 22.9 Å². The van der Waals surface area contributed by atoms with Crippen molar-refractivity contribution in [3.63, 3.8) is 0 Å². The minimum Gasteiger partial charge on any atom is -0.414 e. The predicted molar refractivity (Wildman–Crippen MR) is 182 cm³/mol. The van der Waals surface area contributed by atoms with Gasteiger partial charge in [0.2, 0.25) is 0 Å². The van der Waals surface area contributed by atoms with Gasteiger partial charge in [-0.15, -0.1) is 0 Å². The average molecular weight is 670 g/mol. The average Bonchev–Trinajstić information content (AvgIpc) is 3.01. The van der Waals surface area contributed by atoms with Crippen LogP contribution in [0.25, 0.3) is 10.4 Å². The molecule has 3 rings (SSSR count). The molecule has 0 aromatic heterocycles. The van der Waals surface area contributed by atoms with Crippen LogP contribution in [0.4, 0.5) is 0 Å². The predicted octanol–water partition coefficient (Wildman–Crippen LogP) is 7.42. The molecule has 0 radical (unpaired) electrons. The summed E-state index contributed by atoms with van der Waals surface area (Å²) < 4.78 is 57.3. The van der Waals surface area contributed by atoms with Gasteiger partial charge < -0.3 is 18.6 Å². The third-order valence-electron chi connectivity index (χ3n) is 8.07. The highest BCUT2D eigenvalue weighted by molar-refractivity contribution is 7.86. The summed E-state index contributed by atoms with van der Waals surface area (Å²) in [6.07, 6.45) is -1.32. The Morgan fingerprint density at radius 2 is 1.33 bits per heavy atom. The van der Waals surface area contributed by atoms with Crippen LogP contribution in [-0.2, 0) is 52.8 Å². The summed E-state index contributed by atoms with van der Waals surface area (Å²) >= 11 is 0. The second-order valence-corrected chi connectivity index (χ2v) is 19.2. The molecule has 250 valence electrons. The number of ether oxygens (including phenoxy) is 3. The second kappa shape index (κ2) is 17.2. The van der Waals surface area contributed by atoms with Crippen LogP contribution in [-0.4, -0.2) is 60.6 Å². The molecule has 10 nitrogen and oxygen atoms in total. The summed E-state index contributed by atoms with van der Waals surface area (Å²) in [5, 5.41) is 3.81. The van der Waals surface area contributed by atoms with Crippen molar-refractivity contribution >= 4 is 18.4 Å². The molecule has 46 heavy (non-hydrogen) atoms. The van der Waals surface area contributed by atoms with E-state index in [4.69, 9.17) is 22.8 Å². The van der Waals surface area contributed by atoms with Gasteiger partial charge in [0.05, 0.1) is 45.8 Å². The van der Waals surface area contributed by atoms with Gasteiger partial charge in [-0.25, -0.2) is 0 Å². The van der Waals surface area contributed by atoms with Crippen molar-refractivity contribution in [2.75, 3.05) is 26.0 Å². The van der Waals surface area contributed by atoms with Crippen LogP contribution in [0.2, 0.25) is 18.1 Å². The summed E-state index contributed by atoms with van der Waals surface area (Å²) in [6, 6.07) is 28.6. The van der Waals surface area contributed by atoms with Gasteiger partial charge in [0.1, 0.15) is 17.8 Å². The van der Waals surface area contributed by atoms with Crippen LogP contribution in [0, 0.1) is 0 Å². The third kappa shape index (κ3) is 11.9. The second-order valence-electron chi connectivity index (χ2n) is 12.8. The quantitative estimate of drug-likeness (QED) is 0.0427. The van der Waals surface area contributed by atoms with Crippen LogP contribution in [0.1, 0.15) is 37.5 Å². The lowest BCUT2D eigenvalue weighted by molar-refractivity contribution is -0.202. The SMILES string of the molecule is CC(C)(C)[Si](C)(C)OC[C@@](CN=[N+]=[N-])(OCc1ccccc1)[C@@H](OCc1ccccc1)[C@H](COCc1ccccc1)OS(C)(=O)=O. The molecule has 3 atom stereocenters. The Bertz CT molecular complexity index is 1480. The van der Waals surface area contributed by atoms with Crippen molar-refractivity contribution in [3.05, 3.63) is 118 Å². The highest BCUT2D eigenvalue weighted by atomic mass is 32.2. The molecule has 12 heteroatoms. The Morgan fingerprint density at radius 1 is 0.826 bits per heavy atom. The molecule has 0 spiro atoms. The van der Waals surface area contributed by atoms with Crippen LogP contribution in [0.5, 0.6) is 0 Å². The molecule has 0 N–H and O–H groups in total. The molecule has 0 aliphatic carbocycles. The van der Waals surface area contributed by atoms with Crippen molar-refractivity contribution in [3.8, 4) is 0 Å². The monoisotopic (exact) mass is 669 g/mol. The van der Waals surface area contributed by atoms with Gasteiger partial charge in [-0.2, -0.15) is 8.42 Å². The zero-order valence-electron chi connectivity index (χ0n) is 27.7. The number of azide groups is 1. The lowest BCUT2D eigenvalue weighted by Gasteiger charge is -2.45. The Balaban J connectivity index is 2.13. The summed E-state index contributed by atoms with van der Waals surface area (Å²) in [4.78, 5) is 3.06. The van der Waals surface area contributed by atoms with Gasteiger partial charge in [0, 0.05) is 4.91 Å². The molecule has 0 bridgehead atoms. The smallest absolute Gasteiger partial charge is 0.264 e. The molecule has 0 saturated heterocycles. The minimum absolute atomic E-state index is 0.0445.